The van der Waals surface area contributed by atoms with Crippen LogP contribution >= 0.6 is 0 Å². The second-order valence-corrected chi connectivity index (χ2v) is 6.26. The van der Waals surface area contributed by atoms with Crippen LogP contribution in [0, 0.1) is 12.7 Å². The first-order chi connectivity index (χ1) is 13.2. The van der Waals surface area contributed by atoms with E-state index in [1.807, 2.05) is 31.2 Å². The molecule has 0 bridgehead atoms. The van der Waals surface area contributed by atoms with E-state index in [1.165, 1.54) is 18.1 Å². The first-order valence-corrected chi connectivity index (χ1v) is 8.35. The smallest absolute Gasteiger partial charge is 0.309 e. The summed E-state index contributed by atoms with van der Waals surface area (Å²) in [5.41, 5.74) is 1.47. The van der Waals surface area contributed by atoms with Crippen molar-refractivity contribution in [2.24, 2.45) is 0 Å². The van der Waals surface area contributed by atoms with Crippen molar-refractivity contribution in [2.75, 3.05) is 11.9 Å². The number of rotatable bonds is 3. The highest BCUT2D eigenvalue weighted by Gasteiger charge is 2.34. The largest absolute Gasteiger partial charge is 0.419 e. The molecule has 7 heteroatoms. The summed E-state index contributed by atoms with van der Waals surface area (Å²) in [7, 11) is 1.47. The second-order valence-electron chi connectivity index (χ2n) is 6.26. The van der Waals surface area contributed by atoms with Gasteiger partial charge in [-0.05, 0) is 42.3 Å². The Bertz CT molecular complexity index is 1030. The lowest BCUT2D eigenvalue weighted by atomic mass is 9.99. The van der Waals surface area contributed by atoms with Gasteiger partial charge in [-0.15, -0.1) is 0 Å². The van der Waals surface area contributed by atoms with Gasteiger partial charge in [0.05, 0.1) is 17.4 Å². The highest BCUT2D eigenvalue weighted by atomic mass is 19.4. The maximum atomic E-state index is 13.9. The predicted octanol–water partition coefficient (Wildman–Crippen LogP) is 5.49. The van der Waals surface area contributed by atoms with Gasteiger partial charge < -0.3 is 4.90 Å². The van der Waals surface area contributed by atoms with E-state index >= 15 is 0 Å². The molecule has 0 radical (unpaired) electrons. The molecule has 2 aromatic carbocycles. The molecule has 0 aliphatic carbocycles. The fourth-order valence-corrected chi connectivity index (χ4v) is 2.94. The normalized spacial score (nSPS) is 11.4. The highest BCUT2D eigenvalue weighted by Crippen LogP contribution is 2.34. The lowest BCUT2D eigenvalue weighted by Gasteiger charge is -2.21. The molecule has 3 aromatic rings. The number of nitrogens with zero attached hydrogens (tertiary/aromatic N) is 2. The number of aryl methyl sites for hydroxylation is 1. The van der Waals surface area contributed by atoms with Crippen LogP contribution in [0.15, 0.2) is 60.9 Å². The Kier molecular flexibility index (Phi) is 5.18. The van der Waals surface area contributed by atoms with Crippen LogP contribution < -0.4 is 4.90 Å². The summed E-state index contributed by atoms with van der Waals surface area (Å²) in [6, 6.07) is 11.5. The molecule has 0 N–H and O–H groups in total. The molecule has 0 fully saturated rings. The van der Waals surface area contributed by atoms with Crippen LogP contribution in [0.3, 0.4) is 0 Å². The van der Waals surface area contributed by atoms with Crippen molar-refractivity contribution in [2.45, 2.75) is 13.1 Å². The summed E-state index contributed by atoms with van der Waals surface area (Å²) < 4.78 is 52.1. The van der Waals surface area contributed by atoms with Crippen molar-refractivity contribution in [3.63, 3.8) is 0 Å². The number of anilines is 1. The number of hydrogen-bond acceptors (Lipinski definition) is 2. The van der Waals surface area contributed by atoms with E-state index in [9.17, 15) is 22.4 Å². The Hall–Kier alpha value is -3.22. The van der Waals surface area contributed by atoms with Crippen LogP contribution in [0.5, 0.6) is 0 Å². The molecule has 0 aliphatic heterocycles. The van der Waals surface area contributed by atoms with Crippen LogP contribution in [-0.4, -0.2) is 17.9 Å². The van der Waals surface area contributed by atoms with E-state index in [4.69, 9.17) is 0 Å². The fraction of sp³-hybridized carbons (Fsp3) is 0.143. The van der Waals surface area contributed by atoms with E-state index in [0.717, 1.165) is 22.8 Å². The summed E-state index contributed by atoms with van der Waals surface area (Å²) in [5.74, 6) is -2.13. The minimum absolute atomic E-state index is 0.187. The van der Waals surface area contributed by atoms with Gasteiger partial charge in [0, 0.05) is 24.4 Å². The predicted molar refractivity (Wildman–Crippen MR) is 98.5 cm³/mol. The molecule has 0 aliphatic rings. The number of hydrogen-bond donors (Lipinski definition) is 0. The molecule has 3 nitrogen and oxygen atoms in total. The average Bonchev–Trinajstić information content (AvgIpc) is 2.66. The van der Waals surface area contributed by atoms with Crippen LogP contribution in [0.25, 0.3) is 11.1 Å². The number of benzene rings is 2. The van der Waals surface area contributed by atoms with Crippen molar-refractivity contribution >= 4 is 11.6 Å². The Morgan fingerprint density at radius 3 is 2.39 bits per heavy atom. The topological polar surface area (TPSA) is 33.2 Å². The van der Waals surface area contributed by atoms with Crippen LogP contribution in [0.1, 0.15) is 21.5 Å². The quantitative estimate of drug-likeness (QED) is 0.556. The van der Waals surface area contributed by atoms with E-state index in [1.54, 1.807) is 12.3 Å². The average molecular weight is 388 g/mol. The van der Waals surface area contributed by atoms with Gasteiger partial charge in [0.25, 0.3) is 5.91 Å². The molecule has 28 heavy (non-hydrogen) atoms. The number of aromatic nitrogens is 1. The first-order valence-electron chi connectivity index (χ1n) is 8.35. The van der Waals surface area contributed by atoms with Gasteiger partial charge in [0.15, 0.2) is 0 Å². The zero-order chi connectivity index (χ0) is 20.5. The van der Waals surface area contributed by atoms with Gasteiger partial charge in [-0.3, -0.25) is 9.78 Å². The van der Waals surface area contributed by atoms with Crippen LogP contribution in [0.4, 0.5) is 23.2 Å². The van der Waals surface area contributed by atoms with Gasteiger partial charge in [0.1, 0.15) is 5.82 Å². The lowest BCUT2D eigenvalue weighted by molar-refractivity contribution is -0.140. The Morgan fingerprint density at radius 2 is 1.75 bits per heavy atom. The molecular weight excluding hydrogens is 372 g/mol. The third kappa shape index (κ3) is 3.74. The zero-order valence-corrected chi connectivity index (χ0v) is 15.1. The lowest BCUT2D eigenvalue weighted by Crippen LogP contribution is -2.27. The number of halogens is 4. The standard InChI is InChI=1S/C21H16F4N2O/c1-13-5-3-4-6-15(13)16-9-10-26-12-19(16)27(2)20(28)14-7-8-17(18(22)11-14)21(23,24)25/h3-12H,1-2H3. The Labute approximate surface area is 159 Å². The van der Waals surface area contributed by atoms with Crippen molar-refractivity contribution in [3.05, 3.63) is 83.4 Å². The van der Waals surface area contributed by atoms with E-state index < -0.39 is 23.5 Å². The molecule has 0 unspecified atom stereocenters. The molecule has 0 saturated carbocycles. The Morgan fingerprint density at radius 1 is 1.04 bits per heavy atom. The second kappa shape index (κ2) is 7.42. The number of carbonyl (C=O) groups is 1. The van der Waals surface area contributed by atoms with Crippen molar-refractivity contribution in [1.29, 1.82) is 0 Å². The number of alkyl halides is 3. The van der Waals surface area contributed by atoms with E-state index in [-0.39, 0.29) is 5.56 Å². The molecule has 0 saturated heterocycles. The molecule has 0 spiro atoms. The van der Waals surface area contributed by atoms with Gasteiger partial charge in [-0.25, -0.2) is 4.39 Å². The monoisotopic (exact) mass is 388 g/mol. The molecule has 3 rings (SSSR count). The third-order valence-electron chi connectivity index (χ3n) is 4.42. The van der Waals surface area contributed by atoms with E-state index in [0.29, 0.717) is 17.8 Å². The van der Waals surface area contributed by atoms with Crippen LogP contribution in [-0.2, 0) is 6.18 Å². The number of amides is 1. The van der Waals surface area contributed by atoms with Crippen LogP contribution in [0.2, 0.25) is 0 Å². The minimum atomic E-state index is -4.82. The zero-order valence-electron chi connectivity index (χ0n) is 15.1. The summed E-state index contributed by atoms with van der Waals surface area (Å²) in [5, 5.41) is 0. The summed E-state index contributed by atoms with van der Waals surface area (Å²) in [6.45, 7) is 1.92. The van der Waals surface area contributed by atoms with E-state index in [2.05, 4.69) is 4.98 Å². The van der Waals surface area contributed by atoms with Crippen molar-refractivity contribution in [3.8, 4) is 11.1 Å². The highest BCUT2D eigenvalue weighted by molar-refractivity contribution is 6.07. The molecule has 1 aromatic heterocycles. The SMILES string of the molecule is Cc1ccccc1-c1ccncc1N(C)C(=O)c1ccc(C(F)(F)F)c(F)c1. The number of carbonyl (C=O) groups excluding carboxylic acids is 1. The summed E-state index contributed by atoms with van der Waals surface area (Å²) >= 11 is 0. The molecule has 1 heterocycles. The molecule has 1 amide bonds. The van der Waals surface area contributed by atoms with Gasteiger partial charge >= 0.3 is 6.18 Å². The van der Waals surface area contributed by atoms with Crippen molar-refractivity contribution < 1.29 is 22.4 Å². The first kappa shape index (κ1) is 19.5. The van der Waals surface area contributed by atoms with Gasteiger partial charge in [-0.1, -0.05) is 24.3 Å². The third-order valence-corrected chi connectivity index (χ3v) is 4.42. The molecule has 144 valence electrons. The maximum absolute atomic E-state index is 13.9. The maximum Gasteiger partial charge on any atom is 0.419 e. The van der Waals surface area contributed by atoms with Crippen molar-refractivity contribution in [1.82, 2.24) is 4.98 Å². The van der Waals surface area contributed by atoms with Gasteiger partial charge in [-0.2, -0.15) is 13.2 Å². The molecular formula is C21H16F4N2O. The summed E-state index contributed by atoms with van der Waals surface area (Å²) in [4.78, 5) is 18.1. The Balaban J connectivity index is 2.00. The molecule has 0 atom stereocenters. The van der Waals surface area contributed by atoms with Gasteiger partial charge in [0.2, 0.25) is 0 Å². The minimum Gasteiger partial charge on any atom is -0.309 e. The number of pyridine rings is 1. The fourth-order valence-electron chi connectivity index (χ4n) is 2.94. The summed E-state index contributed by atoms with van der Waals surface area (Å²) in [6.07, 6.45) is -1.75.